The zero-order chi connectivity index (χ0) is 9.56. The fourth-order valence-electron chi connectivity index (χ4n) is 0.505. The number of aliphatic carboxylic acids is 1. The second kappa shape index (κ2) is 5.65. The highest BCUT2D eigenvalue weighted by atomic mass is 19.3. The third-order valence-electron chi connectivity index (χ3n) is 1.19. The van der Waals surface area contributed by atoms with Crippen molar-refractivity contribution in [1.82, 2.24) is 5.32 Å². The number of carboxylic acid groups (broad SMARTS) is 1. The topological polar surface area (TPSA) is 49.3 Å². The van der Waals surface area contributed by atoms with Gasteiger partial charge in [0.2, 0.25) is 0 Å². The molecule has 0 amide bonds. The van der Waals surface area contributed by atoms with Crippen molar-refractivity contribution in [2.45, 2.75) is 13.3 Å². The number of halogens is 2. The number of alkyl halides is 2. The predicted molar refractivity (Wildman–Crippen MR) is 40.3 cm³/mol. The zero-order valence-corrected chi connectivity index (χ0v) is 6.68. The van der Waals surface area contributed by atoms with Gasteiger partial charge in [-0.05, 0) is 6.92 Å². The molecule has 0 saturated carbocycles. The van der Waals surface area contributed by atoms with Crippen molar-refractivity contribution < 1.29 is 18.7 Å². The summed E-state index contributed by atoms with van der Waals surface area (Å²) in [7, 11) is 0. The molecule has 0 bridgehead atoms. The normalized spacial score (nSPS) is 12.2. The lowest BCUT2D eigenvalue weighted by Gasteiger charge is -1.99. The molecular weight excluding hydrogens is 168 g/mol. The molecule has 0 rings (SSSR count). The minimum Gasteiger partial charge on any atom is -0.478 e. The Morgan fingerprint density at radius 2 is 2.25 bits per heavy atom. The van der Waals surface area contributed by atoms with Gasteiger partial charge in [-0.15, -0.1) is 0 Å². The Hall–Kier alpha value is -0.970. The molecule has 12 heavy (non-hydrogen) atoms. The molecule has 0 aromatic rings. The summed E-state index contributed by atoms with van der Waals surface area (Å²) in [5, 5.41) is 10.7. The molecule has 3 nitrogen and oxygen atoms in total. The lowest BCUT2D eigenvalue weighted by molar-refractivity contribution is -0.132. The third-order valence-corrected chi connectivity index (χ3v) is 1.19. The van der Waals surface area contributed by atoms with Crippen LogP contribution >= 0.6 is 0 Å². The summed E-state index contributed by atoms with van der Waals surface area (Å²) in [5.41, 5.74) is 0.150. The van der Waals surface area contributed by atoms with E-state index in [4.69, 9.17) is 5.11 Å². The molecule has 2 N–H and O–H groups in total. The van der Waals surface area contributed by atoms with Crippen LogP contribution in [0.5, 0.6) is 0 Å². The molecule has 0 aliphatic carbocycles. The van der Waals surface area contributed by atoms with Gasteiger partial charge in [0.05, 0.1) is 6.54 Å². The first-order valence-corrected chi connectivity index (χ1v) is 3.43. The maximum Gasteiger partial charge on any atom is 0.330 e. The molecule has 0 atom stereocenters. The number of carboxylic acids is 1. The zero-order valence-electron chi connectivity index (χ0n) is 6.68. The van der Waals surface area contributed by atoms with Crippen LogP contribution in [0.15, 0.2) is 11.6 Å². The van der Waals surface area contributed by atoms with E-state index in [1.54, 1.807) is 0 Å². The number of rotatable bonds is 5. The van der Waals surface area contributed by atoms with E-state index < -0.39 is 18.9 Å². The van der Waals surface area contributed by atoms with E-state index in [0.717, 1.165) is 0 Å². The van der Waals surface area contributed by atoms with Gasteiger partial charge in [-0.1, -0.05) is 6.08 Å². The maximum absolute atomic E-state index is 11.5. The summed E-state index contributed by atoms with van der Waals surface area (Å²) in [4.78, 5) is 10.2. The monoisotopic (exact) mass is 179 g/mol. The summed E-state index contributed by atoms with van der Waals surface area (Å²) >= 11 is 0. The van der Waals surface area contributed by atoms with Crippen LogP contribution in [-0.2, 0) is 4.79 Å². The van der Waals surface area contributed by atoms with Gasteiger partial charge in [0, 0.05) is 12.1 Å². The van der Waals surface area contributed by atoms with Gasteiger partial charge < -0.3 is 10.4 Å². The SMILES string of the molecule is CC(=CCNCC(F)F)C(=O)O. The molecule has 0 unspecified atom stereocenters. The molecule has 5 heteroatoms. The molecule has 0 aromatic heterocycles. The molecule has 0 fully saturated rings. The van der Waals surface area contributed by atoms with Crippen LogP contribution in [0.3, 0.4) is 0 Å². The average molecular weight is 179 g/mol. The molecule has 0 spiro atoms. The van der Waals surface area contributed by atoms with Crippen LogP contribution < -0.4 is 5.32 Å². The van der Waals surface area contributed by atoms with Crippen LogP contribution in [0, 0.1) is 0 Å². The number of carbonyl (C=O) groups is 1. The van der Waals surface area contributed by atoms with E-state index in [2.05, 4.69) is 5.32 Å². The van der Waals surface area contributed by atoms with Gasteiger partial charge in [-0.2, -0.15) is 0 Å². The van der Waals surface area contributed by atoms with Crippen molar-refractivity contribution in [1.29, 1.82) is 0 Å². The molecule has 0 saturated heterocycles. The molecule has 0 radical (unpaired) electrons. The van der Waals surface area contributed by atoms with Gasteiger partial charge in [0.15, 0.2) is 0 Å². The molecule has 0 aliphatic heterocycles. The Labute approximate surface area is 69.1 Å². The first kappa shape index (κ1) is 11.0. The van der Waals surface area contributed by atoms with Crippen molar-refractivity contribution in [3.05, 3.63) is 11.6 Å². The highest BCUT2D eigenvalue weighted by molar-refractivity contribution is 5.85. The van der Waals surface area contributed by atoms with Gasteiger partial charge in [0.25, 0.3) is 6.43 Å². The summed E-state index contributed by atoms with van der Waals surface area (Å²) in [6, 6.07) is 0. The first-order chi connectivity index (χ1) is 5.54. The lowest BCUT2D eigenvalue weighted by atomic mass is 10.3. The first-order valence-electron chi connectivity index (χ1n) is 3.43. The Morgan fingerprint density at radius 3 is 2.67 bits per heavy atom. The Morgan fingerprint density at radius 1 is 1.67 bits per heavy atom. The van der Waals surface area contributed by atoms with Crippen molar-refractivity contribution in [2.75, 3.05) is 13.1 Å². The van der Waals surface area contributed by atoms with E-state index in [0.29, 0.717) is 0 Å². The fraction of sp³-hybridized carbons (Fsp3) is 0.571. The number of hydrogen-bond acceptors (Lipinski definition) is 2. The minimum atomic E-state index is -2.40. The molecule has 70 valence electrons. The summed E-state index contributed by atoms with van der Waals surface area (Å²) in [5.74, 6) is -1.03. The maximum atomic E-state index is 11.5. The van der Waals surface area contributed by atoms with Crippen molar-refractivity contribution in [3.8, 4) is 0 Å². The second-order valence-electron chi connectivity index (χ2n) is 2.24. The van der Waals surface area contributed by atoms with Gasteiger partial charge in [0.1, 0.15) is 0 Å². The van der Waals surface area contributed by atoms with E-state index in [1.807, 2.05) is 0 Å². The van der Waals surface area contributed by atoms with Gasteiger partial charge in [-0.25, -0.2) is 13.6 Å². The van der Waals surface area contributed by atoms with E-state index in [9.17, 15) is 13.6 Å². The Bertz CT molecular complexity index is 180. The molecule has 0 aromatic carbocycles. The molecule has 0 aliphatic rings. The van der Waals surface area contributed by atoms with Crippen LogP contribution in [0.2, 0.25) is 0 Å². The minimum absolute atomic E-state index is 0.150. The quantitative estimate of drug-likeness (QED) is 0.486. The van der Waals surface area contributed by atoms with Crippen molar-refractivity contribution >= 4 is 5.97 Å². The highest BCUT2D eigenvalue weighted by Gasteiger charge is 2.00. The van der Waals surface area contributed by atoms with Crippen LogP contribution in [-0.4, -0.2) is 30.6 Å². The van der Waals surface area contributed by atoms with E-state index in [1.165, 1.54) is 13.0 Å². The van der Waals surface area contributed by atoms with Gasteiger partial charge >= 0.3 is 5.97 Å². The third kappa shape index (κ3) is 5.79. The number of hydrogen-bond donors (Lipinski definition) is 2. The fourth-order valence-corrected chi connectivity index (χ4v) is 0.505. The lowest BCUT2D eigenvalue weighted by Crippen LogP contribution is -2.21. The largest absolute Gasteiger partial charge is 0.478 e. The van der Waals surface area contributed by atoms with Crippen LogP contribution in [0.1, 0.15) is 6.92 Å². The molecular formula is C7H11F2NO2. The number of nitrogens with one attached hydrogen (secondary N) is 1. The summed E-state index contributed by atoms with van der Waals surface area (Å²) < 4.78 is 23.0. The van der Waals surface area contributed by atoms with Crippen molar-refractivity contribution in [3.63, 3.8) is 0 Å². The van der Waals surface area contributed by atoms with Crippen LogP contribution in [0.25, 0.3) is 0 Å². The Kier molecular flexibility index (Phi) is 5.19. The second-order valence-corrected chi connectivity index (χ2v) is 2.24. The van der Waals surface area contributed by atoms with Crippen molar-refractivity contribution in [2.24, 2.45) is 0 Å². The highest BCUT2D eigenvalue weighted by Crippen LogP contribution is 1.91. The van der Waals surface area contributed by atoms with E-state index >= 15 is 0 Å². The van der Waals surface area contributed by atoms with Gasteiger partial charge in [-0.3, -0.25) is 0 Å². The average Bonchev–Trinajstić information content (AvgIpc) is 1.97. The summed E-state index contributed by atoms with van der Waals surface area (Å²) in [6.07, 6.45) is -1.05. The summed E-state index contributed by atoms with van der Waals surface area (Å²) in [6.45, 7) is 1.15. The van der Waals surface area contributed by atoms with Crippen LogP contribution in [0.4, 0.5) is 8.78 Å². The molecule has 0 heterocycles. The predicted octanol–water partition coefficient (Wildman–Crippen LogP) is 0.872. The van der Waals surface area contributed by atoms with E-state index in [-0.39, 0.29) is 12.1 Å². The smallest absolute Gasteiger partial charge is 0.330 e. The Balaban J connectivity index is 3.54. The standard InChI is InChI=1S/C7H11F2NO2/c1-5(7(11)12)2-3-10-4-6(8)9/h2,6,10H,3-4H2,1H3,(H,11,12).